The van der Waals surface area contributed by atoms with Gasteiger partial charge in [0.1, 0.15) is 5.69 Å². The summed E-state index contributed by atoms with van der Waals surface area (Å²) in [5, 5.41) is 20.3. The molecule has 0 fully saturated rings. The Hall–Kier alpha value is -2.87. The van der Waals surface area contributed by atoms with E-state index >= 15 is 0 Å². The number of nitrogens with zero attached hydrogens (tertiary/aromatic N) is 4. The molecule has 4 N–H and O–H groups in total. The molecule has 8 nitrogen and oxygen atoms in total. The molecule has 0 spiro atoms. The first kappa shape index (κ1) is 16.0. The molecule has 0 aliphatic carbocycles. The van der Waals surface area contributed by atoms with Gasteiger partial charge < -0.3 is 20.7 Å². The van der Waals surface area contributed by atoms with Gasteiger partial charge in [-0.05, 0) is 29.5 Å². The van der Waals surface area contributed by atoms with Gasteiger partial charge in [-0.25, -0.2) is 4.79 Å². The fourth-order valence-corrected chi connectivity index (χ4v) is 2.63. The smallest absolute Gasteiger partial charge is 0.404 e. The number of amides is 1. The minimum atomic E-state index is -1.01. The Labute approximate surface area is 138 Å². The van der Waals surface area contributed by atoms with Gasteiger partial charge in [0.25, 0.3) is 0 Å². The van der Waals surface area contributed by atoms with Crippen LogP contribution >= 0.6 is 0 Å². The van der Waals surface area contributed by atoms with Crippen LogP contribution in [-0.2, 0) is 19.6 Å². The monoisotopic (exact) mass is 328 g/mol. The van der Waals surface area contributed by atoms with Crippen molar-refractivity contribution in [2.45, 2.75) is 26.1 Å². The summed E-state index contributed by atoms with van der Waals surface area (Å²) in [6, 6.07) is 8.27. The number of carbonyl (C=O) groups is 1. The van der Waals surface area contributed by atoms with Gasteiger partial charge in [0, 0.05) is 31.3 Å². The van der Waals surface area contributed by atoms with Gasteiger partial charge in [0.2, 0.25) is 0 Å². The Morgan fingerprint density at radius 2 is 2.21 bits per heavy atom. The maximum Gasteiger partial charge on any atom is 0.404 e. The molecular formula is C16H20N6O2. The number of rotatable bonds is 7. The SMILES string of the molecule is NCc1ccc2ccn(Cc3cn(CCCNC(=O)O)nn3)c2c1. The van der Waals surface area contributed by atoms with E-state index in [9.17, 15) is 4.79 Å². The summed E-state index contributed by atoms with van der Waals surface area (Å²) < 4.78 is 3.85. The molecule has 1 aromatic carbocycles. The van der Waals surface area contributed by atoms with Crippen molar-refractivity contribution >= 4 is 17.0 Å². The molecule has 126 valence electrons. The van der Waals surface area contributed by atoms with Gasteiger partial charge in [-0.2, -0.15) is 0 Å². The summed E-state index contributed by atoms with van der Waals surface area (Å²) in [5.41, 5.74) is 8.79. The van der Waals surface area contributed by atoms with Crippen molar-refractivity contribution in [3.63, 3.8) is 0 Å². The predicted molar refractivity (Wildman–Crippen MR) is 89.6 cm³/mol. The quantitative estimate of drug-likeness (QED) is 0.568. The predicted octanol–water partition coefficient (Wildman–Crippen LogP) is 1.40. The second kappa shape index (κ2) is 7.14. The van der Waals surface area contributed by atoms with Gasteiger partial charge in [0.05, 0.1) is 12.7 Å². The lowest BCUT2D eigenvalue weighted by Crippen LogP contribution is -2.22. The standard InChI is InChI=1S/C16H20N6O2/c17-9-12-2-3-13-4-7-21(15(13)8-12)10-14-11-22(20-19-14)6-1-5-18-16(23)24/h2-4,7-8,11,18H,1,5-6,9-10,17H2,(H,23,24). The second-order valence-corrected chi connectivity index (χ2v) is 5.60. The molecule has 2 heterocycles. The molecule has 3 aromatic rings. The highest BCUT2D eigenvalue weighted by atomic mass is 16.4. The Bertz CT molecular complexity index is 838. The summed E-state index contributed by atoms with van der Waals surface area (Å²) in [6.45, 7) is 2.16. The number of benzene rings is 1. The molecule has 0 aliphatic heterocycles. The van der Waals surface area contributed by atoms with Gasteiger partial charge in [0.15, 0.2) is 0 Å². The van der Waals surface area contributed by atoms with Crippen LogP contribution in [0.2, 0.25) is 0 Å². The molecule has 0 saturated heterocycles. The summed E-state index contributed by atoms with van der Waals surface area (Å²) in [5.74, 6) is 0. The zero-order chi connectivity index (χ0) is 16.9. The topological polar surface area (TPSA) is 111 Å². The largest absolute Gasteiger partial charge is 0.465 e. The third-order valence-electron chi connectivity index (χ3n) is 3.83. The first-order chi connectivity index (χ1) is 11.7. The molecule has 0 saturated carbocycles. The van der Waals surface area contributed by atoms with Gasteiger partial charge in [-0.1, -0.05) is 17.3 Å². The van der Waals surface area contributed by atoms with Crippen molar-refractivity contribution in [2.24, 2.45) is 5.73 Å². The number of nitrogens with two attached hydrogens (primary N) is 1. The Morgan fingerprint density at radius 1 is 1.33 bits per heavy atom. The number of fused-ring (bicyclic) bond motifs is 1. The fraction of sp³-hybridized carbons (Fsp3) is 0.312. The summed E-state index contributed by atoms with van der Waals surface area (Å²) in [6.07, 6.45) is 3.58. The van der Waals surface area contributed by atoms with Crippen molar-refractivity contribution in [1.29, 1.82) is 0 Å². The van der Waals surface area contributed by atoms with E-state index in [2.05, 4.69) is 38.4 Å². The third-order valence-corrected chi connectivity index (χ3v) is 3.83. The number of nitrogens with one attached hydrogen (secondary N) is 1. The van der Waals surface area contributed by atoms with Crippen molar-refractivity contribution in [1.82, 2.24) is 24.9 Å². The molecule has 0 bridgehead atoms. The molecular weight excluding hydrogens is 308 g/mol. The normalized spacial score (nSPS) is 11.0. The maximum absolute atomic E-state index is 10.4. The minimum Gasteiger partial charge on any atom is -0.465 e. The van der Waals surface area contributed by atoms with Crippen LogP contribution in [0.5, 0.6) is 0 Å². The zero-order valence-electron chi connectivity index (χ0n) is 13.2. The van der Waals surface area contributed by atoms with Crippen LogP contribution < -0.4 is 11.1 Å². The zero-order valence-corrected chi connectivity index (χ0v) is 13.2. The minimum absolute atomic E-state index is 0.397. The molecule has 0 unspecified atom stereocenters. The van der Waals surface area contributed by atoms with Gasteiger partial charge >= 0.3 is 6.09 Å². The summed E-state index contributed by atoms with van der Waals surface area (Å²) >= 11 is 0. The molecule has 0 aliphatic rings. The van der Waals surface area contributed by atoms with E-state index in [0.29, 0.717) is 32.6 Å². The number of hydrogen-bond donors (Lipinski definition) is 3. The van der Waals surface area contributed by atoms with Crippen LogP contribution in [0.4, 0.5) is 4.79 Å². The average molecular weight is 328 g/mol. The van der Waals surface area contributed by atoms with Crippen LogP contribution in [0.25, 0.3) is 10.9 Å². The lowest BCUT2D eigenvalue weighted by molar-refractivity contribution is 0.194. The van der Waals surface area contributed by atoms with E-state index < -0.39 is 6.09 Å². The van der Waals surface area contributed by atoms with Crippen LogP contribution in [0.1, 0.15) is 17.7 Å². The maximum atomic E-state index is 10.4. The Balaban J connectivity index is 1.65. The van der Waals surface area contributed by atoms with Gasteiger partial charge in [-0.15, -0.1) is 5.10 Å². The molecule has 24 heavy (non-hydrogen) atoms. The van der Waals surface area contributed by atoms with Crippen molar-refractivity contribution < 1.29 is 9.90 Å². The van der Waals surface area contributed by atoms with Crippen LogP contribution in [0, 0.1) is 0 Å². The highest BCUT2D eigenvalue weighted by molar-refractivity contribution is 5.80. The Kier molecular flexibility index (Phi) is 4.76. The number of aromatic nitrogens is 4. The number of hydrogen-bond acceptors (Lipinski definition) is 4. The fourth-order valence-electron chi connectivity index (χ4n) is 2.63. The van der Waals surface area contributed by atoms with Gasteiger partial charge in [-0.3, -0.25) is 4.68 Å². The average Bonchev–Trinajstić information content (AvgIpc) is 3.18. The van der Waals surface area contributed by atoms with Crippen molar-refractivity contribution in [3.05, 3.63) is 47.9 Å². The number of carboxylic acid groups (broad SMARTS) is 1. The molecule has 3 rings (SSSR count). The van der Waals surface area contributed by atoms with Crippen LogP contribution in [0.3, 0.4) is 0 Å². The van der Waals surface area contributed by atoms with E-state index in [1.165, 1.54) is 5.39 Å². The van der Waals surface area contributed by atoms with Crippen molar-refractivity contribution in [3.8, 4) is 0 Å². The number of aryl methyl sites for hydroxylation is 1. The third kappa shape index (κ3) is 3.72. The lowest BCUT2D eigenvalue weighted by Gasteiger charge is -2.04. The highest BCUT2D eigenvalue weighted by Gasteiger charge is 2.06. The van der Waals surface area contributed by atoms with Crippen LogP contribution in [0.15, 0.2) is 36.7 Å². The Morgan fingerprint density at radius 3 is 3.00 bits per heavy atom. The molecule has 8 heteroatoms. The van der Waals surface area contributed by atoms with Crippen LogP contribution in [-0.4, -0.2) is 37.3 Å². The summed E-state index contributed by atoms with van der Waals surface area (Å²) in [4.78, 5) is 10.4. The molecule has 1 amide bonds. The van der Waals surface area contributed by atoms with E-state index in [-0.39, 0.29) is 0 Å². The van der Waals surface area contributed by atoms with E-state index in [4.69, 9.17) is 10.8 Å². The molecule has 0 atom stereocenters. The molecule has 0 radical (unpaired) electrons. The first-order valence-corrected chi connectivity index (χ1v) is 7.79. The summed E-state index contributed by atoms with van der Waals surface area (Å²) in [7, 11) is 0. The highest BCUT2D eigenvalue weighted by Crippen LogP contribution is 2.18. The lowest BCUT2D eigenvalue weighted by atomic mass is 10.1. The van der Waals surface area contributed by atoms with E-state index in [1.54, 1.807) is 4.68 Å². The molecule has 2 aromatic heterocycles. The van der Waals surface area contributed by atoms with Crippen molar-refractivity contribution in [2.75, 3.05) is 6.54 Å². The van der Waals surface area contributed by atoms with E-state index in [0.717, 1.165) is 16.8 Å². The van der Waals surface area contributed by atoms with E-state index in [1.807, 2.05) is 18.5 Å². The first-order valence-electron chi connectivity index (χ1n) is 7.79. The second-order valence-electron chi connectivity index (χ2n) is 5.60.